The topological polar surface area (TPSA) is 33.6 Å². The van der Waals surface area contributed by atoms with Crippen molar-refractivity contribution in [3.8, 4) is 50.8 Å². The normalized spacial score (nSPS) is 11.9. The van der Waals surface area contributed by atoms with Crippen LogP contribution in [0.4, 0.5) is 13.2 Å². The quantitative estimate of drug-likeness (QED) is 0.172. The van der Waals surface area contributed by atoms with Crippen molar-refractivity contribution in [3.05, 3.63) is 192 Å². The highest BCUT2D eigenvalue weighted by Gasteiger charge is 2.31. The third kappa shape index (κ3) is 6.06. The van der Waals surface area contributed by atoms with Gasteiger partial charge in [-0.15, -0.1) is 0 Å². The number of aryl methyl sites for hydroxylation is 3. The molecular formula is C53H36F3N3. The van der Waals surface area contributed by atoms with Gasteiger partial charge in [-0.2, -0.15) is 18.4 Å². The highest BCUT2D eigenvalue weighted by Crippen LogP contribution is 2.43. The van der Waals surface area contributed by atoms with E-state index in [1.165, 1.54) is 12.1 Å². The van der Waals surface area contributed by atoms with Crippen molar-refractivity contribution < 1.29 is 13.2 Å². The summed E-state index contributed by atoms with van der Waals surface area (Å²) in [4.78, 5) is 0. The fourth-order valence-electron chi connectivity index (χ4n) is 8.83. The summed E-state index contributed by atoms with van der Waals surface area (Å²) in [6.07, 6.45) is -4.54. The van der Waals surface area contributed by atoms with E-state index < -0.39 is 11.7 Å². The van der Waals surface area contributed by atoms with E-state index in [0.717, 1.165) is 77.0 Å². The van der Waals surface area contributed by atoms with Crippen molar-refractivity contribution in [3.63, 3.8) is 0 Å². The first-order valence-corrected chi connectivity index (χ1v) is 19.5. The van der Waals surface area contributed by atoms with Gasteiger partial charge in [-0.3, -0.25) is 0 Å². The molecule has 3 nitrogen and oxygen atoms in total. The largest absolute Gasteiger partial charge is 0.416 e. The Balaban J connectivity index is 1.31. The average Bonchev–Trinajstić information content (AvgIpc) is 3.74. The average molecular weight is 772 g/mol. The Bertz CT molecular complexity index is 3190. The highest BCUT2D eigenvalue weighted by molar-refractivity contribution is 6.12. The van der Waals surface area contributed by atoms with E-state index >= 15 is 0 Å². The maximum Gasteiger partial charge on any atom is 0.416 e. The number of rotatable bonds is 5. The number of hydrogen-bond donors (Lipinski definition) is 0. The van der Waals surface area contributed by atoms with Gasteiger partial charge in [0, 0.05) is 21.5 Å². The Morgan fingerprint density at radius 3 is 1.32 bits per heavy atom. The molecule has 59 heavy (non-hydrogen) atoms. The zero-order chi connectivity index (χ0) is 40.6. The number of hydrogen-bond acceptors (Lipinski definition) is 1. The van der Waals surface area contributed by atoms with Crippen LogP contribution in [0.25, 0.3) is 88.4 Å². The van der Waals surface area contributed by atoms with E-state index in [9.17, 15) is 18.4 Å². The van der Waals surface area contributed by atoms with Crippen LogP contribution in [0.15, 0.2) is 164 Å². The van der Waals surface area contributed by atoms with Gasteiger partial charge in [-0.1, -0.05) is 114 Å². The third-order valence-electron chi connectivity index (χ3n) is 11.5. The first kappa shape index (κ1) is 36.0. The molecule has 284 valence electrons. The van der Waals surface area contributed by atoms with Crippen LogP contribution in [-0.4, -0.2) is 9.13 Å². The SMILES string of the molecule is Cc1cccc(-c2ccc3c(c2)c2ccccc2n3-c2cc(-c3cc(C)cc(C(F)(F)F)c3)cc(-n3c4ccccc4c4cc(-c5cccc(C)c5)ccc43)c2C#N)c1. The van der Waals surface area contributed by atoms with Crippen LogP contribution >= 0.6 is 0 Å². The Labute approximate surface area is 339 Å². The number of halogens is 3. The van der Waals surface area contributed by atoms with Crippen LogP contribution in [0.1, 0.15) is 27.8 Å². The van der Waals surface area contributed by atoms with E-state index in [0.29, 0.717) is 33.6 Å². The second-order valence-electron chi connectivity index (χ2n) is 15.5. The van der Waals surface area contributed by atoms with Crippen LogP contribution in [0.5, 0.6) is 0 Å². The Kier molecular flexibility index (Phi) is 8.33. The molecule has 0 unspecified atom stereocenters. The molecule has 0 bridgehead atoms. The second-order valence-corrected chi connectivity index (χ2v) is 15.5. The monoisotopic (exact) mass is 771 g/mol. The number of nitriles is 1. The predicted octanol–water partition coefficient (Wildman–Crippen LogP) is 14.7. The molecule has 0 saturated heterocycles. The van der Waals surface area contributed by atoms with Gasteiger partial charge in [0.15, 0.2) is 0 Å². The molecular weight excluding hydrogens is 736 g/mol. The fraction of sp³-hybridized carbons (Fsp3) is 0.0755. The smallest absolute Gasteiger partial charge is 0.308 e. The lowest BCUT2D eigenvalue weighted by molar-refractivity contribution is -0.137. The lowest BCUT2D eigenvalue weighted by Crippen LogP contribution is -2.07. The molecule has 0 amide bonds. The van der Waals surface area contributed by atoms with Gasteiger partial charge < -0.3 is 9.13 Å². The van der Waals surface area contributed by atoms with Gasteiger partial charge >= 0.3 is 6.18 Å². The molecule has 10 rings (SSSR count). The minimum atomic E-state index is -4.54. The maximum atomic E-state index is 14.4. The van der Waals surface area contributed by atoms with E-state index in [2.05, 4.69) is 126 Å². The maximum absolute atomic E-state index is 14.4. The van der Waals surface area contributed by atoms with Crippen LogP contribution in [-0.2, 0) is 6.18 Å². The summed E-state index contributed by atoms with van der Waals surface area (Å²) in [6, 6.07) is 56.2. The van der Waals surface area contributed by atoms with Gasteiger partial charge in [0.2, 0.25) is 0 Å². The molecule has 2 aromatic heterocycles. The summed E-state index contributed by atoms with van der Waals surface area (Å²) in [5, 5.41) is 15.4. The minimum absolute atomic E-state index is 0.397. The lowest BCUT2D eigenvalue weighted by atomic mass is 9.96. The van der Waals surface area contributed by atoms with Crippen LogP contribution in [0, 0.1) is 32.1 Å². The standard InChI is InChI=1S/C53H36F3N3/c1-32-10-8-12-35(22-32)37-18-20-49-44(27-37)42-14-4-6-16-47(42)58(49)51-29-40(39-24-34(3)25-41(26-39)53(54,55)56)30-52(46(51)31-57)59-48-17-7-5-15-43(48)45-28-38(19-21-50(45)59)36-13-9-11-33(2)23-36/h4-30H,1-3H3. The van der Waals surface area contributed by atoms with E-state index in [1.807, 2.05) is 48.5 Å². The Morgan fingerprint density at radius 2 is 0.847 bits per heavy atom. The Morgan fingerprint density at radius 1 is 0.407 bits per heavy atom. The first-order valence-electron chi connectivity index (χ1n) is 19.5. The molecule has 0 spiro atoms. The van der Waals surface area contributed by atoms with Gasteiger partial charge in [0.1, 0.15) is 11.6 Å². The predicted molar refractivity (Wildman–Crippen MR) is 235 cm³/mol. The first-order chi connectivity index (χ1) is 28.6. The van der Waals surface area contributed by atoms with Crippen LogP contribution in [0.2, 0.25) is 0 Å². The Hall–Kier alpha value is -7.36. The number of fused-ring (bicyclic) bond motifs is 6. The zero-order valence-electron chi connectivity index (χ0n) is 32.6. The summed E-state index contributed by atoms with van der Waals surface area (Å²) in [5.41, 5.74) is 12.5. The minimum Gasteiger partial charge on any atom is -0.308 e. The van der Waals surface area contributed by atoms with Crippen molar-refractivity contribution in [1.82, 2.24) is 9.13 Å². The van der Waals surface area contributed by atoms with E-state index in [-0.39, 0.29) is 0 Å². The zero-order valence-corrected chi connectivity index (χ0v) is 32.6. The van der Waals surface area contributed by atoms with Crippen molar-refractivity contribution in [2.45, 2.75) is 26.9 Å². The number of para-hydroxylation sites is 2. The van der Waals surface area contributed by atoms with Crippen molar-refractivity contribution in [1.29, 1.82) is 5.26 Å². The van der Waals surface area contributed by atoms with Gasteiger partial charge in [-0.25, -0.2) is 0 Å². The summed E-state index contributed by atoms with van der Waals surface area (Å²) in [7, 11) is 0. The van der Waals surface area contributed by atoms with Crippen molar-refractivity contribution >= 4 is 43.6 Å². The molecule has 0 fully saturated rings. The number of alkyl halides is 3. The molecule has 6 heteroatoms. The third-order valence-corrected chi connectivity index (χ3v) is 11.5. The highest BCUT2D eigenvalue weighted by atomic mass is 19.4. The van der Waals surface area contributed by atoms with Crippen LogP contribution in [0.3, 0.4) is 0 Å². The van der Waals surface area contributed by atoms with Gasteiger partial charge in [0.25, 0.3) is 0 Å². The van der Waals surface area contributed by atoms with Gasteiger partial charge in [-0.05, 0) is 120 Å². The van der Waals surface area contributed by atoms with Crippen molar-refractivity contribution in [2.24, 2.45) is 0 Å². The van der Waals surface area contributed by atoms with E-state index in [1.54, 1.807) is 13.0 Å². The number of benzene rings is 8. The second kappa shape index (κ2) is 13.6. The molecule has 10 aromatic rings. The molecule has 2 heterocycles. The summed E-state index contributed by atoms with van der Waals surface area (Å²) in [6.45, 7) is 5.84. The summed E-state index contributed by atoms with van der Waals surface area (Å²) in [5.74, 6) is 0. The molecule has 0 atom stereocenters. The van der Waals surface area contributed by atoms with Crippen LogP contribution < -0.4 is 0 Å². The molecule has 0 N–H and O–H groups in total. The van der Waals surface area contributed by atoms with Gasteiger partial charge in [0.05, 0.1) is 39.0 Å². The molecule has 8 aromatic carbocycles. The molecule has 0 aliphatic heterocycles. The lowest BCUT2D eigenvalue weighted by Gasteiger charge is -2.19. The summed E-state index contributed by atoms with van der Waals surface area (Å²) < 4.78 is 47.4. The molecule has 0 saturated carbocycles. The number of nitrogens with zero attached hydrogens (tertiary/aromatic N) is 3. The molecule has 0 aliphatic rings. The van der Waals surface area contributed by atoms with Crippen molar-refractivity contribution in [2.75, 3.05) is 0 Å². The number of aromatic nitrogens is 2. The summed E-state index contributed by atoms with van der Waals surface area (Å²) >= 11 is 0. The molecule has 0 aliphatic carbocycles. The van der Waals surface area contributed by atoms with E-state index in [4.69, 9.17) is 0 Å². The fourth-order valence-corrected chi connectivity index (χ4v) is 8.83. The molecule has 0 radical (unpaired) electrons.